The molecule has 1 aromatic carbocycles. The lowest BCUT2D eigenvalue weighted by atomic mass is 10.2. The van der Waals surface area contributed by atoms with Gasteiger partial charge in [0.05, 0.1) is 17.4 Å². The van der Waals surface area contributed by atoms with E-state index >= 15 is 0 Å². The first kappa shape index (κ1) is 15.9. The van der Waals surface area contributed by atoms with Crippen LogP contribution < -0.4 is 5.32 Å². The fourth-order valence-corrected chi connectivity index (χ4v) is 2.41. The van der Waals surface area contributed by atoms with Crippen molar-refractivity contribution in [2.45, 2.75) is 19.8 Å². The number of hydrogen-bond acceptors (Lipinski definition) is 5. The summed E-state index contributed by atoms with van der Waals surface area (Å²) in [6.45, 7) is 1.95. The minimum atomic E-state index is 0.0904. The van der Waals surface area contributed by atoms with E-state index in [0.29, 0.717) is 24.7 Å². The molecule has 3 rings (SSSR count). The van der Waals surface area contributed by atoms with Crippen LogP contribution >= 0.6 is 0 Å². The van der Waals surface area contributed by atoms with Crippen LogP contribution in [0.5, 0.6) is 0 Å². The van der Waals surface area contributed by atoms with Crippen molar-refractivity contribution in [2.75, 3.05) is 19.4 Å². The van der Waals surface area contributed by atoms with Gasteiger partial charge < -0.3 is 9.88 Å². The topological polar surface area (TPSA) is 86.8 Å². The highest BCUT2D eigenvalue weighted by Gasteiger charge is 2.09. The van der Waals surface area contributed by atoms with Gasteiger partial charge in [-0.25, -0.2) is 15.0 Å². The zero-order chi connectivity index (χ0) is 17.1. The number of imidazole rings is 1. The van der Waals surface area contributed by atoms with Gasteiger partial charge in [0.25, 0.3) is 0 Å². The predicted octanol–water partition coefficient (Wildman–Crippen LogP) is 2.43. The van der Waals surface area contributed by atoms with Crippen molar-refractivity contribution in [1.82, 2.24) is 24.8 Å². The van der Waals surface area contributed by atoms with Gasteiger partial charge in [0.15, 0.2) is 0 Å². The Morgan fingerprint density at radius 1 is 1.25 bits per heavy atom. The number of rotatable bonds is 5. The Labute approximate surface area is 140 Å². The van der Waals surface area contributed by atoms with Crippen molar-refractivity contribution >= 4 is 28.7 Å². The minimum Gasteiger partial charge on any atom is -0.349 e. The molecular weight excluding hydrogens is 304 g/mol. The van der Waals surface area contributed by atoms with Gasteiger partial charge in [0, 0.05) is 31.6 Å². The minimum absolute atomic E-state index is 0.0904. The number of aryl methyl sites for hydroxylation is 2. The van der Waals surface area contributed by atoms with Crippen LogP contribution in [0.15, 0.2) is 30.5 Å². The van der Waals surface area contributed by atoms with Crippen LogP contribution in [0.1, 0.15) is 17.8 Å². The molecule has 7 nitrogen and oxygen atoms in total. The summed E-state index contributed by atoms with van der Waals surface area (Å²) in [6, 6.07) is 7.88. The van der Waals surface area contributed by atoms with E-state index in [2.05, 4.69) is 25.3 Å². The predicted molar refractivity (Wildman–Crippen MR) is 93.2 cm³/mol. The molecule has 1 amide bonds. The lowest BCUT2D eigenvalue weighted by Gasteiger charge is -2.08. The monoisotopic (exact) mass is 324 g/mol. The molecule has 124 valence electrons. The van der Waals surface area contributed by atoms with Crippen molar-refractivity contribution in [3.05, 3.63) is 41.9 Å². The third kappa shape index (κ3) is 3.51. The van der Waals surface area contributed by atoms with Gasteiger partial charge in [-0.05, 0) is 19.4 Å². The van der Waals surface area contributed by atoms with Crippen LogP contribution in [0, 0.1) is 6.92 Å². The third-order valence-corrected chi connectivity index (χ3v) is 3.76. The van der Waals surface area contributed by atoms with E-state index in [1.807, 2.05) is 31.2 Å². The summed E-state index contributed by atoms with van der Waals surface area (Å²) in [4.78, 5) is 29.6. The molecule has 2 N–H and O–H groups in total. The molecule has 0 aliphatic carbocycles. The molecule has 0 aliphatic heterocycles. The standard InChI is InChI=1S/C17H20N6O/c1-11-13-6-4-5-7-14(13)21-17(19-11)22-16-18-10-12(20-16)8-9-15(24)23(2)3/h4-7,10H,8-9H2,1-3H3,(H2,18,19,20,21,22). The average molecular weight is 324 g/mol. The summed E-state index contributed by atoms with van der Waals surface area (Å²) in [5.74, 6) is 1.15. The number of anilines is 2. The van der Waals surface area contributed by atoms with Crippen LogP contribution in [-0.2, 0) is 11.2 Å². The second-order valence-electron chi connectivity index (χ2n) is 5.82. The molecule has 0 saturated heterocycles. The van der Waals surface area contributed by atoms with Gasteiger partial charge in [0.2, 0.25) is 17.8 Å². The van der Waals surface area contributed by atoms with E-state index in [-0.39, 0.29) is 5.91 Å². The van der Waals surface area contributed by atoms with E-state index in [1.54, 1.807) is 25.2 Å². The second-order valence-corrected chi connectivity index (χ2v) is 5.82. The Morgan fingerprint density at radius 2 is 2.04 bits per heavy atom. The highest BCUT2D eigenvalue weighted by molar-refractivity contribution is 5.81. The molecule has 0 bridgehead atoms. The molecule has 2 heterocycles. The summed E-state index contributed by atoms with van der Waals surface area (Å²) in [5.41, 5.74) is 2.69. The maximum atomic E-state index is 11.6. The Kier molecular flexibility index (Phi) is 4.41. The number of hydrogen-bond donors (Lipinski definition) is 2. The molecule has 0 saturated carbocycles. The molecule has 7 heteroatoms. The van der Waals surface area contributed by atoms with E-state index in [1.165, 1.54) is 0 Å². The first-order valence-electron chi connectivity index (χ1n) is 7.77. The number of aromatic nitrogens is 4. The van der Waals surface area contributed by atoms with Gasteiger partial charge in [-0.3, -0.25) is 10.1 Å². The van der Waals surface area contributed by atoms with Gasteiger partial charge in [0.1, 0.15) is 0 Å². The summed E-state index contributed by atoms with van der Waals surface area (Å²) >= 11 is 0. The van der Waals surface area contributed by atoms with E-state index in [0.717, 1.165) is 22.3 Å². The quantitative estimate of drug-likeness (QED) is 0.752. The van der Waals surface area contributed by atoms with Crippen molar-refractivity contribution in [3.63, 3.8) is 0 Å². The Hall–Kier alpha value is -2.96. The lowest BCUT2D eigenvalue weighted by molar-refractivity contribution is -0.128. The first-order valence-corrected chi connectivity index (χ1v) is 7.77. The number of nitrogens with one attached hydrogen (secondary N) is 2. The molecule has 2 aromatic heterocycles. The van der Waals surface area contributed by atoms with Crippen molar-refractivity contribution in [1.29, 1.82) is 0 Å². The van der Waals surface area contributed by atoms with Crippen molar-refractivity contribution in [3.8, 4) is 0 Å². The number of nitrogens with zero attached hydrogens (tertiary/aromatic N) is 4. The fraction of sp³-hybridized carbons (Fsp3) is 0.294. The number of carbonyl (C=O) groups excluding carboxylic acids is 1. The lowest BCUT2D eigenvalue weighted by Crippen LogP contribution is -2.21. The Bertz CT molecular complexity index is 870. The van der Waals surface area contributed by atoms with Crippen molar-refractivity contribution < 1.29 is 4.79 Å². The van der Waals surface area contributed by atoms with Gasteiger partial charge in [-0.1, -0.05) is 18.2 Å². The molecule has 24 heavy (non-hydrogen) atoms. The molecule has 0 atom stereocenters. The van der Waals surface area contributed by atoms with Crippen LogP contribution in [0.4, 0.5) is 11.9 Å². The smallest absolute Gasteiger partial charge is 0.230 e. The largest absolute Gasteiger partial charge is 0.349 e. The number of para-hydroxylation sites is 1. The number of aromatic amines is 1. The Morgan fingerprint density at radius 3 is 2.83 bits per heavy atom. The van der Waals surface area contributed by atoms with E-state index < -0.39 is 0 Å². The first-order chi connectivity index (χ1) is 11.5. The molecular formula is C17H20N6O. The highest BCUT2D eigenvalue weighted by atomic mass is 16.2. The average Bonchev–Trinajstić information content (AvgIpc) is 3.00. The van der Waals surface area contributed by atoms with Gasteiger partial charge in [-0.15, -0.1) is 0 Å². The van der Waals surface area contributed by atoms with Crippen LogP contribution in [0.2, 0.25) is 0 Å². The van der Waals surface area contributed by atoms with Gasteiger partial charge >= 0.3 is 0 Å². The molecule has 0 radical (unpaired) electrons. The third-order valence-electron chi connectivity index (χ3n) is 3.76. The zero-order valence-electron chi connectivity index (χ0n) is 14.0. The van der Waals surface area contributed by atoms with Crippen molar-refractivity contribution in [2.24, 2.45) is 0 Å². The summed E-state index contributed by atoms with van der Waals surface area (Å²) < 4.78 is 0. The number of carbonyl (C=O) groups is 1. The number of fused-ring (bicyclic) bond motifs is 1. The SMILES string of the molecule is Cc1nc(Nc2ncc(CCC(=O)N(C)C)[nH]2)nc2ccccc12. The highest BCUT2D eigenvalue weighted by Crippen LogP contribution is 2.18. The maximum Gasteiger partial charge on any atom is 0.230 e. The Balaban J connectivity index is 1.72. The van der Waals surface area contributed by atoms with E-state index in [9.17, 15) is 4.79 Å². The number of benzene rings is 1. The molecule has 0 aliphatic rings. The van der Waals surface area contributed by atoms with Crippen LogP contribution in [0.3, 0.4) is 0 Å². The van der Waals surface area contributed by atoms with Crippen LogP contribution in [-0.4, -0.2) is 44.8 Å². The molecule has 0 unspecified atom stereocenters. The van der Waals surface area contributed by atoms with E-state index in [4.69, 9.17) is 0 Å². The summed E-state index contributed by atoms with van der Waals surface area (Å²) in [6.07, 6.45) is 2.78. The molecule has 3 aromatic rings. The second kappa shape index (κ2) is 6.66. The molecule has 0 spiro atoms. The number of amides is 1. The fourth-order valence-electron chi connectivity index (χ4n) is 2.41. The summed E-state index contributed by atoms with van der Waals surface area (Å²) in [7, 11) is 3.50. The maximum absolute atomic E-state index is 11.6. The van der Waals surface area contributed by atoms with Crippen LogP contribution in [0.25, 0.3) is 10.9 Å². The zero-order valence-corrected chi connectivity index (χ0v) is 14.0. The molecule has 0 fully saturated rings. The normalized spacial score (nSPS) is 10.8. The summed E-state index contributed by atoms with van der Waals surface area (Å²) in [5, 5.41) is 4.12. The number of H-pyrrole nitrogens is 1. The van der Waals surface area contributed by atoms with Gasteiger partial charge in [-0.2, -0.15) is 0 Å².